The lowest BCUT2D eigenvalue weighted by Gasteiger charge is -2.22. The predicted octanol–water partition coefficient (Wildman–Crippen LogP) is 4.69. The van der Waals surface area contributed by atoms with Crippen LogP contribution >= 0.6 is 23.2 Å². The molecule has 0 fully saturated rings. The molecule has 4 unspecified atom stereocenters. The van der Waals surface area contributed by atoms with Crippen LogP contribution < -0.4 is 11.0 Å². The molecule has 0 heterocycles. The second kappa shape index (κ2) is 14.3. The normalized spacial score (nSPS) is 14.2. The first-order valence-electron chi connectivity index (χ1n) is 12.2. The van der Waals surface area contributed by atoms with Gasteiger partial charge in [-0.25, -0.2) is 0 Å². The van der Waals surface area contributed by atoms with Gasteiger partial charge >= 0.3 is 0 Å². The average Bonchev–Trinajstić information content (AvgIpc) is 2.97. The highest BCUT2D eigenvalue weighted by Gasteiger charge is 2.32. The van der Waals surface area contributed by atoms with Gasteiger partial charge in [-0.15, -0.1) is 0 Å². The number of nitrogens with one attached hydrogen (secondary N) is 2. The number of aliphatic hydroxyl groups excluding tert-OH is 2. The molecule has 8 nitrogen and oxygen atoms in total. The molecule has 4 rings (SSSR count). The van der Waals surface area contributed by atoms with Gasteiger partial charge in [-0.2, -0.15) is 11.0 Å². The fraction of sp³-hybridized carbons (Fsp3) is 0.133. The van der Waals surface area contributed by atoms with E-state index in [1.165, 1.54) is 0 Å². The first-order chi connectivity index (χ1) is 19.3. The van der Waals surface area contributed by atoms with Crippen molar-refractivity contribution in [3.63, 3.8) is 0 Å². The van der Waals surface area contributed by atoms with Crippen LogP contribution in [0.15, 0.2) is 109 Å². The van der Waals surface area contributed by atoms with E-state index < -0.39 is 36.2 Å². The molecule has 0 spiro atoms. The maximum atomic E-state index is 12.6. The fourth-order valence-corrected chi connectivity index (χ4v) is 4.33. The fourth-order valence-electron chi connectivity index (χ4n) is 3.94. The van der Waals surface area contributed by atoms with Crippen LogP contribution in [0, 0.1) is 0 Å². The van der Waals surface area contributed by atoms with Crippen molar-refractivity contribution < 1.29 is 29.5 Å². The van der Waals surface area contributed by atoms with Crippen molar-refractivity contribution in [1.29, 1.82) is 0 Å². The summed E-state index contributed by atoms with van der Waals surface area (Å²) in [6.45, 7) is 0. The van der Waals surface area contributed by atoms with E-state index in [0.717, 1.165) is 11.1 Å². The molecule has 4 atom stereocenters. The first kappa shape index (κ1) is 29.5. The zero-order valence-electron chi connectivity index (χ0n) is 21.0. The molecule has 0 saturated carbocycles. The Labute approximate surface area is 241 Å². The molecular weight excluding hydrogens is 555 g/mol. The highest BCUT2D eigenvalue weighted by Crippen LogP contribution is 2.26. The van der Waals surface area contributed by atoms with Crippen molar-refractivity contribution in [2.24, 2.45) is 0 Å². The average molecular weight is 581 g/mol. The third-order valence-electron chi connectivity index (χ3n) is 5.92. The Morgan fingerprint density at radius 1 is 0.550 bits per heavy atom. The van der Waals surface area contributed by atoms with E-state index in [-0.39, 0.29) is 0 Å². The maximum absolute atomic E-state index is 12.6. The maximum Gasteiger partial charge on any atom is 0.261 e. The molecule has 0 saturated heterocycles. The number of aliphatic hydroxyl groups is 2. The number of hydrogen-bond donors (Lipinski definition) is 4. The largest absolute Gasteiger partial charge is 0.360 e. The van der Waals surface area contributed by atoms with Gasteiger partial charge in [0.05, 0.1) is 12.1 Å². The number of hydrogen-bond acceptors (Lipinski definition) is 8. The van der Waals surface area contributed by atoms with Crippen molar-refractivity contribution in [3.8, 4) is 0 Å². The molecule has 0 aliphatic carbocycles. The molecule has 4 aromatic rings. The Bertz CT molecular complexity index is 1320. The minimum Gasteiger partial charge on any atom is -0.360 e. The number of hydroxylamine groups is 2. The monoisotopic (exact) mass is 580 g/mol. The van der Waals surface area contributed by atoms with E-state index in [4.69, 9.17) is 32.9 Å². The highest BCUT2D eigenvalue weighted by molar-refractivity contribution is 6.39. The molecule has 0 aromatic heterocycles. The molecular formula is C30H26Cl2N2O6. The van der Waals surface area contributed by atoms with E-state index >= 15 is 0 Å². The molecule has 4 aromatic carbocycles. The van der Waals surface area contributed by atoms with Crippen molar-refractivity contribution in [2.75, 3.05) is 0 Å². The minimum absolute atomic E-state index is 0.478. The molecule has 10 heteroatoms. The van der Waals surface area contributed by atoms with Crippen LogP contribution in [-0.4, -0.2) is 34.4 Å². The Kier molecular flexibility index (Phi) is 10.5. The van der Waals surface area contributed by atoms with Gasteiger partial charge in [0.15, 0.2) is 0 Å². The van der Waals surface area contributed by atoms with Crippen LogP contribution in [0.2, 0.25) is 10.0 Å². The van der Waals surface area contributed by atoms with Crippen LogP contribution in [0.1, 0.15) is 34.3 Å². The molecule has 0 radical (unpaired) electrons. The number of halogens is 2. The van der Waals surface area contributed by atoms with Crippen molar-refractivity contribution >= 4 is 34.8 Å². The molecule has 206 valence electrons. The summed E-state index contributed by atoms with van der Waals surface area (Å²) < 4.78 is 0. The summed E-state index contributed by atoms with van der Waals surface area (Å²) in [6, 6.07) is 30.8. The Hall–Kier alpha value is -3.44. The second-order valence-electron chi connectivity index (χ2n) is 8.70. The smallest absolute Gasteiger partial charge is 0.261 e. The van der Waals surface area contributed by atoms with Crippen LogP contribution in [0.5, 0.6) is 0 Å². The lowest BCUT2D eigenvalue weighted by Crippen LogP contribution is -2.43. The predicted molar refractivity (Wildman–Crippen MR) is 150 cm³/mol. The highest BCUT2D eigenvalue weighted by atomic mass is 35.5. The number of rotatable bonds is 13. The third-order valence-corrected chi connectivity index (χ3v) is 6.39. The van der Waals surface area contributed by atoms with Crippen LogP contribution in [0.3, 0.4) is 0 Å². The van der Waals surface area contributed by atoms with Gasteiger partial charge in [0, 0.05) is 10.0 Å². The molecule has 0 amide bonds. The molecule has 0 bridgehead atoms. The second-order valence-corrected chi connectivity index (χ2v) is 9.57. The summed E-state index contributed by atoms with van der Waals surface area (Å²) in [5, 5.41) is 21.6. The van der Waals surface area contributed by atoms with Gasteiger partial charge in [-0.05, 0) is 46.5 Å². The summed E-state index contributed by atoms with van der Waals surface area (Å²) in [7, 11) is 0. The standard InChI is InChI=1S/C30H26Cl2N2O6/c31-23-15-7-13-21(17-23)25(19-9-3-1-4-10-19)33-39-29(37)27(35)28(36)30(38)40-34-26(20-11-5-2-6-12-20)22-14-8-16-24(32)18-22/h1-18,25-26,29-30,33-34,37-38H. The number of Topliss-reactive ketones (excluding diaryl/α,β-unsaturated/α-hetero) is 2. The topological polar surface area (TPSA) is 117 Å². The Morgan fingerprint density at radius 2 is 0.900 bits per heavy atom. The number of carbonyl (C=O) groups is 2. The van der Waals surface area contributed by atoms with Crippen molar-refractivity contribution in [2.45, 2.75) is 24.7 Å². The van der Waals surface area contributed by atoms with Crippen LogP contribution in [0.4, 0.5) is 0 Å². The zero-order chi connectivity index (χ0) is 28.5. The molecule has 0 aliphatic heterocycles. The molecule has 40 heavy (non-hydrogen) atoms. The van der Waals surface area contributed by atoms with Gasteiger partial charge in [-0.3, -0.25) is 19.3 Å². The van der Waals surface area contributed by atoms with E-state index in [2.05, 4.69) is 11.0 Å². The van der Waals surface area contributed by atoms with E-state index in [1.54, 1.807) is 48.5 Å². The van der Waals surface area contributed by atoms with Crippen molar-refractivity contribution in [3.05, 3.63) is 141 Å². The summed E-state index contributed by atoms with van der Waals surface area (Å²) in [5.74, 6) is -2.84. The van der Waals surface area contributed by atoms with Gasteiger partial charge in [0.25, 0.3) is 11.6 Å². The van der Waals surface area contributed by atoms with Gasteiger partial charge in [0.1, 0.15) is 0 Å². The van der Waals surface area contributed by atoms with Gasteiger partial charge < -0.3 is 10.2 Å². The summed E-state index contributed by atoms with van der Waals surface area (Å²) in [5.41, 5.74) is 8.10. The SMILES string of the molecule is O=C(C(=O)C(O)ONC(c1ccccc1)c1cccc(Cl)c1)C(O)ONC(c1ccccc1)c1cccc(Cl)c1. The summed E-state index contributed by atoms with van der Waals surface area (Å²) in [4.78, 5) is 35.5. The zero-order valence-corrected chi connectivity index (χ0v) is 22.5. The van der Waals surface area contributed by atoms with Crippen LogP contribution in [0.25, 0.3) is 0 Å². The molecule has 0 aliphatic rings. The van der Waals surface area contributed by atoms with Crippen molar-refractivity contribution in [1.82, 2.24) is 11.0 Å². The third kappa shape index (κ3) is 7.82. The number of benzene rings is 4. The lowest BCUT2D eigenvalue weighted by molar-refractivity contribution is -0.194. The van der Waals surface area contributed by atoms with Gasteiger partial charge in [0.2, 0.25) is 12.6 Å². The summed E-state index contributed by atoms with van der Waals surface area (Å²) in [6.07, 6.45) is -4.46. The van der Waals surface area contributed by atoms with Crippen LogP contribution in [-0.2, 0) is 19.3 Å². The Balaban J connectivity index is 1.40. The van der Waals surface area contributed by atoms with E-state index in [9.17, 15) is 19.8 Å². The molecule has 4 N–H and O–H groups in total. The summed E-state index contributed by atoms with van der Waals surface area (Å²) >= 11 is 12.3. The first-order valence-corrected chi connectivity index (χ1v) is 13.0. The Morgan fingerprint density at radius 3 is 1.25 bits per heavy atom. The van der Waals surface area contributed by atoms with E-state index in [1.807, 2.05) is 60.7 Å². The lowest BCUT2D eigenvalue weighted by atomic mass is 10.00. The number of ketones is 2. The van der Waals surface area contributed by atoms with Gasteiger partial charge in [-0.1, -0.05) is 108 Å². The minimum atomic E-state index is -2.23. The van der Waals surface area contributed by atoms with E-state index in [0.29, 0.717) is 21.2 Å². The number of carbonyl (C=O) groups excluding carboxylic acids is 2. The quantitative estimate of drug-likeness (QED) is 0.102.